The molecular weight excluding hydrogens is 426 g/mol. The van der Waals surface area contributed by atoms with Crippen molar-refractivity contribution < 1.29 is 9.53 Å². The fourth-order valence-corrected chi connectivity index (χ4v) is 3.37. The number of aromatic nitrogens is 4. The van der Waals surface area contributed by atoms with Crippen LogP contribution in [0.25, 0.3) is 0 Å². The minimum atomic E-state index is -0.331. The standard InChI is InChI=1S/C24H24ClN5O2/c1-16-4-6-19(7-5-16)14-29-11-9-22(28-29)26-24(31)21-8-10-30(27-21)15-32-20-12-17(2)23(25)18(3)13-20/h4-13H,14-15H2,1-3H3,(H,26,28,31). The summed E-state index contributed by atoms with van der Waals surface area (Å²) in [4.78, 5) is 12.5. The van der Waals surface area contributed by atoms with Crippen molar-refractivity contribution in [2.75, 3.05) is 5.32 Å². The SMILES string of the molecule is Cc1ccc(Cn2ccc(NC(=O)c3ccn(COc4cc(C)c(Cl)c(C)c4)n3)n2)cc1. The zero-order valence-corrected chi connectivity index (χ0v) is 18.9. The van der Waals surface area contributed by atoms with E-state index in [1.807, 2.05) is 32.2 Å². The van der Waals surface area contributed by atoms with Crippen molar-refractivity contribution >= 4 is 23.3 Å². The third kappa shape index (κ3) is 5.18. The molecule has 0 atom stereocenters. The lowest BCUT2D eigenvalue weighted by atomic mass is 10.1. The molecule has 2 aromatic carbocycles. The van der Waals surface area contributed by atoms with E-state index in [-0.39, 0.29) is 18.3 Å². The van der Waals surface area contributed by atoms with Crippen LogP contribution in [-0.2, 0) is 13.3 Å². The molecule has 1 N–H and O–H groups in total. The fraction of sp³-hybridized carbons (Fsp3) is 0.208. The first-order valence-corrected chi connectivity index (χ1v) is 10.6. The van der Waals surface area contributed by atoms with E-state index in [1.165, 1.54) is 5.56 Å². The van der Waals surface area contributed by atoms with E-state index >= 15 is 0 Å². The van der Waals surface area contributed by atoms with Crippen LogP contribution in [0.4, 0.5) is 5.82 Å². The zero-order chi connectivity index (χ0) is 22.7. The molecule has 0 aliphatic rings. The lowest BCUT2D eigenvalue weighted by Gasteiger charge is -2.10. The van der Waals surface area contributed by atoms with E-state index < -0.39 is 0 Å². The lowest BCUT2D eigenvalue weighted by Crippen LogP contribution is -2.15. The van der Waals surface area contributed by atoms with E-state index in [0.717, 1.165) is 21.7 Å². The minimum absolute atomic E-state index is 0.180. The van der Waals surface area contributed by atoms with E-state index in [2.05, 4.69) is 46.7 Å². The topological polar surface area (TPSA) is 74.0 Å². The van der Waals surface area contributed by atoms with Gasteiger partial charge in [-0.2, -0.15) is 10.2 Å². The number of benzene rings is 2. The highest BCUT2D eigenvalue weighted by Crippen LogP contribution is 2.26. The second-order valence-electron chi connectivity index (χ2n) is 7.72. The predicted molar refractivity (Wildman–Crippen MR) is 124 cm³/mol. The number of nitrogens with zero attached hydrogens (tertiary/aromatic N) is 4. The van der Waals surface area contributed by atoms with Crippen molar-refractivity contribution in [2.45, 2.75) is 34.0 Å². The number of rotatable bonds is 7. The van der Waals surface area contributed by atoms with E-state index in [1.54, 1.807) is 27.7 Å². The summed E-state index contributed by atoms with van der Waals surface area (Å²) in [6.07, 6.45) is 3.53. The average molecular weight is 450 g/mol. The molecule has 4 rings (SSSR count). The number of aryl methyl sites for hydroxylation is 3. The van der Waals surface area contributed by atoms with Crippen molar-refractivity contribution in [3.05, 3.63) is 93.9 Å². The second kappa shape index (κ2) is 9.28. The summed E-state index contributed by atoms with van der Waals surface area (Å²) in [5, 5.41) is 12.2. The summed E-state index contributed by atoms with van der Waals surface area (Å²) in [6.45, 7) is 6.73. The maximum atomic E-state index is 12.5. The summed E-state index contributed by atoms with van der Waals surface area (Å²) in [5.74, 6) is 0.840. The molecule has 0 aliphatic carbocycles. The summed E-state index contributed by atoms with van der Waals surface area (Å²) in [5.41, 5.74) is 4.53. The van der Waals surface area contributed by atoms with E-state index in [4.69, 9.17) is 16.3 Å². The van der Waals surface area contributed by atoms with Crippen molar-refractivity contribution in [2.24, 2.45) is 0 Å². The molecule has 2 heterocycles. The molecule has 0 spiro atoms. The van der Waals surface area contributed by atoms with Gasteiger partial charge in [-0.15, -0.1) is 0 Å². The molecule has 32 heavy (non-hydrogen) atoms. The Morgan fingerprint density at radius 2 is 1.66 bits per heavy atom. The van der Waals surface area contributed by atoms with Crippen molar-refractivity contribution in [1.29, 1.82) is 0 Å². The number of hydrogen-bond acceptors (Lipinski definition) is 4. The maximum Gasteiger partial charge on any atom is 0.277 e. The first-order chi connectivity index (χ1) is 15.4. The predicted octanol–water partition coefficient (Wildman–Crippen LogP) is 5.00. The zero-order valence-electron chi connectivity index (χ0n) is 18.2. The molecule has 7 nitrogen and oxygen atoms in total. The Kier molecular flexibility index (Phi) is 6.28. The molecule has 4 aromatic rings. The molecular formula is C24H24ClN5O2. The number of carbonyl (C=O) groups excluding carboxylic acids is 1. The summed E-state index contributed by atoms with van der Waals surface area (Å²) in [6, 6.07) is 15.4. The van der Waals surface area contributed by atoms with E-state index in [9.17, 15) is 4.79 Å². The first-order valence-electron chi connectivity index (χ1n) is 10.2. The van der Waals surface area contributed by atoms with Crippen molar-refractivity contribution in [1.82, 2.24) is 19.6 Å². The van der Waals surface area contributed by atoms with Gasteiger partial charge in [0.2, 0.25) is 0 Å². The van der Waals surface area contributed by atoms with Gasteiger partial charge in [0.1, 0.15) is 5.75 Å². The van der Waals surface area contributed by atoms with Gasteiger partial charge in [-0.1, -0.05) is 41.4 Å². The van der Waals surface area contributed by atoms with Gasteiger partial charge in [0.15, 0.2) is 18.2 Å². The van der Waals surface area contributed by atoms with Crippen LogP contribution in [0, 0.1) is 20.8 Å². The van der Waals surface area contributed by atoms with Gasteiger partial charge in [-0.3, -0.25) is 9.48 Å². The van der Waals surface area contributed by atoms with E-state index in [0.29, 0.717) is 18.1 Å². The minimum Gasteiger partial charge on any atom is -0.471 e. The largest absolute Gasteiger partial charge is 0.471 e. The highest BCUT2D eigenvalue weighted by atomic mass is 35.5. The molecule has 0 saturated heterocycles. The Labute approximate surface area is 191 Å². The Bertz CT molecular complexity index is 1220. The third-order valence-corrected chi connectivity index (χ3v) is 5.59. The Morgan fingerprint density at radius 1 is 0.969 bits per heavy atom. The van der Waals surface area contributed by atoms with Crippen molar-refractivity contribution in [3.63, 3.8) is 0 Å². The Morgan fingerprint density at radius 3 is 2.38 bits per heavy atom. The number of amides is 1. The Hall–Kier alpha value is -3.58. The van der Waals surface area contributed by atoms with Crippen LogP contribution in [0.15, 0.2) is 60.9 Å². The first kappa shape index (κ1) is 21.6. The monoisotopic (exact) mass is 449 g/mol. The van der Waals surface area contributed by atoms with Gasteiger partial charge >= 0.3 is 0 Å². The highest BCUT2D eigenvalue weighted by Gasteiger charge is 2.12. The summed E-state index contributed by atoms with van der Waals surface area (Å²) < 4.78 is 9.12. The molecule has 0 radical (unpaired) electrons. The molecule has 8 heteroatoms. The highest BCUT2D eigenvalue weighted by molar-refractivity contribution is 6.32. The van der Waals surface area contributed by atoms with Crippen LogP contribution in [0.1, 0.15) is 32.7 Å². The van der Waals surface area contributed by atoms with Gasteiger partial charge in [-0.05, 0) is 55.7 Å². The number of nitrogens with one attached hydrogen (secondary N) is 1. The average Bonchev–Trinajstić information content (AvgIpc) is 3.41. The Balaban J connectivity index is 1.34. The number of halogens is 1. The van der Waals surface area contributed by atoms with Gasteiger partial charge in [0.05, 0.1) is 6.54 Å². The third-order valence-electron chi connectivity index (χ3n) is 4.99. The molecule has 0 saturated carbocycles. The van der Waals surface area contributed by atoms with Crippen LogP contribution < -0.4 is 10.1 Å². The van der Waals surface area contributed by atoms with Crippen LogP contribution >= 0.6 is 11.6 Å². The van der Waals surface area contributed by atoms with Gasteiger partial charge in [0, 0.05) is 23.5 Å². The number of carbonyl (C=O) groups is 1. The van der Waals surface area contributed by atoms with Gasteiger partial charge in [-0.25, -0.2) is 4.68 Å². The molecule has 1 amide bonds. The maximum absolute atomic E-state index is 12.5. The molecule has 2 aromatic heterocycles. The number of anilines is 1. The fourth-order valence-electron chi connectivity index (χ4n) is 3.26. The lowest BCUT2D eigenvalue weighted by molar-refractivity contribution is 0.101. The second-order valence-corrected chi connectivity index (χ2v) is 8.10. The smallest absolute Gasteiger partial charge is 0.277 e. The molecule has 0 bridgehead atoms. The van der Waals surface area contributed by atoms with Crippen LogP contribution in [0.3, 0.4) is 0 Å². The normalized spacial score (nSPS) is 10.9. The molecule has 0 unspecified atom stereocenters. The summed E-state index contributed by atoms with van der Waals surface area (Å²) >= 11 is 6.19. The number of hydrogen-bond donors (Lipinski definition) is 1. The van der Waals surface area contributed by atoms with Gasteiger partial charge < -0.3 is 10.1 Å². The van der Waals surface area contributed by atoms with Gasteiger partial charge in [0.25, 0.3) is 5.91 Å². The van der Waals surface area contributed by atoms with Crippen LogP contribution in [-0.4, -0.2) is 25.5 Å². The quantitative estimate of drug-likeness (QED) is 0.431. The molecule has 164 valence electrons. The van der Waals surface area contributed by atoms with Crippen LogP contribution in [0.5, 0.6) is 5.75 Å². The van der Waals surface area contributed by atoms with Crippen molar-refractivity contribution in [3.8, 4) is 5.75 Å². The summed E-state index contributed by atoms with van der Waals surface area (Å²) in [7, 11) is 0. The molecule has 0 aliphatic heterocycles. The molecule has 0 fully saturated rings. The number of ether oxygens (including phenoxy) is 1. The van der Waals surface area contributed by atoms with Crippen LogP contribution in [0.2, 0.25) is 5.02 Å².